The van der Waals surface area contributed by atoms with Crippen LogP contribution in [0.2, 0.25) is 19.6 Å². The van der Waals surface area contributed by atoms with Crippen LogP contribution >= 0.6 is 0 Å². The molecule has 0 aliphatic rings. The molecule has 0 bridgehead atoms. The average Bonchev–Trinajstić information content (AvgIpc) is 1.62. The number of hydrogen-bond acceptors (Lipinski definition) is 2. The second-order valence-corrected chi connectivity index (χ2v) is 7.46. The van der Waals surface area contributed by atoms with E-state index in [1.807, 2.05) is 6.07 Å². The smallest absolute Gasteiger partial charge is 0.185 e. The lowest BCUT2D eigenvalue weighted by atomic mass is 10.5. The zero-order chi connectivity index (χ0) is 7.49. The summed E-state index contributed by atoms with van der Waals surface area (Å²) in [5.74, 6) is 0. The van der Waals surface area contributed by atoms with Gasteiger partial charge >= 0.3 is 0 Å². The van der Waals surface area contributed by atoms with Crippen LogP contribution < -0.4 is 0 Å². The summed E-state index contributed by atoms with van der Waals surface area (Å²) in [6.07, 6.45) is -0.239. The largest absolute Gasteiger partial charge is 0.402 e. The van der Waals surface area contributed by atoms with Crippen molar-refractivity contribution in [3.63, 3.8) is 0 Å². The van der Waals surface area contributed by atoms with Gasteiger partial charge < -0.3 is 4.43 Å². The lowest BCUT2D eigenvalue weighted by Gasteiger charge is -2.18. The summed E-state index contributed by atoms with van der Waals surface area (Å²) < 4.78 is 5.36. The fourth-order valence-corrected chi connectivity index (χ4v) is 1.67. The molecule has 0 aliphatic heterocycles. The highest BCUT2D eigenvalue weighted by Crippen LogP contribution is 2.05. The molecule has 0 aromatic carbocycles. The summed E-state index contributed by atoms with van der Waals surface area (Å²) in [6.45, 7) is 7.99. The van der Waals surface area contributed by atoms with Crippen LogP contribution in [0.3, 0.4) is 0 Å². The zero-order valence-corrected chi connectivity index (χ0v) is 7.43. The Morgan fingerprint density at radius 2 is 1.89 bits per heavy atom. The van der Waals surface area contributed by atoms with Crippen molar-refractivity contribution in [2.75, 3.05) is 0 Å². The molecule has 0 saturated heterocycles. The molecule has 0 heterocycles. The summed E-state index contributed by atoms with van der Waals surface area (Å²) in [7, 11) is -1.46. The van der Waals surface area contributed by atoms with Gasteiger partial charge in [-0.3, -0.25) is 0 Å². The van der Waals surface area contributed by atoms with E-state index in [4.69, 9.17) is 9.69 Å². The summed E-state index contributed by atoms with van der Waals surface area (Å²) in [5, 5.41) is 8.35. The first-order valence-electron chi connectivity index (χ1n) is 3.03. The fraction of sp³-hybridized carbons (Fsp3) is 0.833. The van der Waals surface area contributed by atoms with Crippen molar-refractivity contribution in [2.24, 2.45) is 0 Å². The normalized spacial score (nSPS) is 14.6. The van der Waals surface area contributed by atoms with Gasteiger partial charge in [0.15, 0.2) is 8.32 Å². The predicted molar refractivity (Wildman–Crippen MR) is 39.5 cm³/mol. The van der Waals surface area contributed by atoms with Crippen LogP contribution in [0.25, 0.3) is 0 Å². The molecular weight excluding hydrogens is 130 g/mol. The summed E-state index contributed by atoms with van der Waals surface area (Å²) in [6, 6.07) is 2.03. The topological polar surface area (TPSA) is 33.0 Å². The number of rotatable bonds is 2. The second-order valence-electron chi connectivity index (χ2n) is 3.00. The first kappa shape index (κ1) is 8.67. The molecule has 0 aromatic heterocycles. The molecule has 9 heavy (non-hydrogen) atoms. The predicted octanol–water partition coefficient (Wildman–Crippen LogP) is 1.75. The van der Waals surface area contributed by atoms with E-state index >= 15 is 0 Å². The van der Waals surface area contributed by atoms with Crippen LogP contribution in [0.4, 0.5) is 0 Å². The van der Waals surface area contributed by atoms with Gasteiger partial charge in [0.05, 0.1) is 6.07 Å². The van der Waals surface area contributed by atoms with Gasteiger partial charge in [-0.25, -0.2) is 0 Å². The van der Waals surface area contributed by atoms with Gasteiger partial charge in [0.2, 0.25) is 0 Å². The third kappa shape index (κ3) is 5.54. The van der Waals surface area contributed by atoms with Crippen molar-refractivity contribution in [2.45, 2.75) is 32.7 Å². The molecule has 0 saturated carbocycles. The van der Waals surface area contributed by atoms with Gasteiger partial charge in [0.1, 0.15) is 6.10 Å². The van der Waals surface area contributed by atoms with E-state index in [0.717, 1.165) is 0 Å². The molecule has 1 atom stereocenters. The van der Waals surface area contributed by atoms with Gasteiger partial charge in [0.25, 0.3) is 0 Å². The Morgan fingerprint density at radius 1 is 1.44 bits per heavy atom. The lowest BCUT2D eigenvalue weighted by Crippen LogP contribution is -2.29. The van der Waals surface area contributed by atoms with Gasteiger partial charge in [0, 0.05) is 0 Å². The number of hydrogen-bond donors (Lipinski definition) is 0. The highest BCUT2D eigenvalue weighted by molar-refractivity contribution is 6.69. The van der Waals surface area contributed by atoms with Crippen LogP contribution in [0.5, 0.6) is 0 Å². The molecule has 0 fully saturated rings. The molecule has 52 valence electrons. The van der Waals surface area contributed by atoms with Gasteiger partial charge in [-0.15, -0.1) is 0 Å². The Morgan fingerprint density at radius 3 is 2.00 bits per heavy atom. The lowest BCUT2D eigenvalue weighted by molar-refractivity contribution is 0.269. The molecule has 0 amide bonds. The van der Waals surface area contributed by atoms with E-state index in [2.05, 4.69) is 19.6 Å². The maximum Gasteiger partial charge on any atom is 0.185 e. The van der Waals surface area contributed by atoms with Crippen molar-refractivity contribution in [3.8, 4) is 6.07 Å². The van der Waals surface area contributed by atoms with E-state index in [0.29, 0.717) is 0 Å². The standard InChI is InChI=1S/C6H13NOSi/c1-6(5-7)8-9(2,3)4/h6H,1-4H3/t6-/m1/s1. The molecule has 0 radical (unpaired) electrons. The quantitative estimate of drug-likeness (QED) is 0.552. The highest BCUT2D eigenvalue weighted by Gasteiger charge is 2.17. The van der Waals surface area contributed by atoms with Crippen molar-refractivity contribution in [1.29, 1.82) is 5.26 Å². The SMILES string of the molecule is C[C@H](C#N)O[Si](C)(C)C. The maximum atomic E-state index is 8.35. The Hall–Kier alpha value is -0.333. The van der Waals surface area contributed by atoms with E-state index in [1.165, 1.54) is 0 Å². The third-order valence-corrected chi connectivity index (χ3v) is 1.77. The Labute approximate surface area is 57.6 Å². The highest BCUT2D eigenvalue weighted by atomic mass is 28.4. The van der Waals surface area contributed by atoms with E-state index in [9.17, 15) is 0 Å². The average molecular weight is 143 g/mol. The molecule has 0 N–H and O–H groups in total. The second kappa shape index (κ2) is 2.99. The van der Waals surface area contributed by atoms with Gasteiger partial charge in [-0.05, 0) is 26.6 Å². The molecule has 2 nitrogen and oxygen atoms in total. The van der Waals surface area contributed by atoms with Crippen molar-refractivity contribution in [3.05, 3.63) is 0 Å². The van der Waals surface area contributed by atoms with Crippen molar-refractivity contribution < 1.29 is 4.43 Å². The van der Waals surface area contributed by atoms with Gasteiger partial charge in [-0.2, -0.15) is 5.26 Å². The number of nitriles is 1. The van der Waals surface area contributed by atoms with E-state index < -0.39 is 8.32 Å². The van der Waals surface area contributed by atoms with Crippen LogP contribution in [-0.2, 0) is 4.43 Å². The van der Waals surface area contributed by atoms with E-state index in [1.54, 1.807) is 6.92 Å². The molecule has 0 aromatic rings. The Bertz CT molecular complexity index is 122. The molecule has 0 aliphatic carbocycles. The van der Waals surface area contributed by atoms with Crippen LogP contribution in [-0.4, -0.2) is 14.4 Å². The fourth-order valence-electron chi connectivity index (χ4n) is 0.557. The molecule has 0 rings (SSSR count). The first-order valence-corrected chi connectivity index (χ1v) is 6.44. The summed E-state index contributed by atoms with van der Waals surface area (Å²) in [5.41, 5.74) is 0. The van der Waals surface area contributed by atoms with Crippen LogP contribution in [0.1, 0.15) is 6.92 Å². The minimum absolute atomic E-state index is 0.239. The Kier molecular flexibility index (Phi) is 2.88. The first-order chi connectivity index (χ1) is 3.95. The number of nitrogens with zero attached hydrogens (tertiary/aromatic N) is 1. The van der Waals surface area contributed by atoms with Crippen molar-refractivity contribution in [1.82, 2.24) is 0 Å². The summed E-state index contributed by atoms with van der Waals surface area (Å²) >= 11 is 0. The molecule has 0 spiro atoms. The van der Waals surface area contributed by atoms with Gasteiger partial charge in [-0.1, -0.05) is 0 Å². The monoisotopic (exact) mass is 143 g/mol. The third-order valence-electron chi connectivity index (χ3n) is 0.712. The maximum absolute atomic E-state index is 8.35. The molecular formula is C6H13NOSi. The minimum atomic E-state index is -1.46. The van der Waals surface area contributed by atoms with Crippen LogP contribution in [0.15, 0.2) is 0 Å². The Balaban J connectivity index is 3.63. The molecule has 0 unspecified atom stereocenters. The minimum Gasteiger partial charge on any atom is -0.402 e. The molecule has 3 heteroatoms. The van der Waals surface area contributed by atoms with Crippen molar-refractivity contribution >= 4 is 8.32 Å². The van der Waals surface area contributed by atoms with Crippen LogP contribution in [0, 0.1) is 11.3 Å². The zero-order valence-electron chi connectivity index (χ0n) is 6.43. The summed E-state index contributed by atoms with van der Waals surface area (Å²) in [4.78, 5) is 0. The van der Waals surface area contributed by atoms with E-state index in [-0.39, 0.29) is 6.10 Å².